The molecular formula is C12H16FN3O. The number of likely N-dealkylation sites (N-methyl/N-ethyl adjacent to an activating group) is 1. The molecule has 0 aliphatic carbocycles. The van der Waals surface area contributed by atoms with Crippen LogP contribution in [0.15, 0.2) is 24.3 Å². The fourth-order valence-electron chi connectivity index (χ4n) is 2.02. The topological polar surface area (TPSA) is 49.6 Å². The van der Waals surface area contributed by atoms with Crippen molar-refractivity contribution in [1.82, 2.24) is 4.90 Å². The second-order valence-corrected chi connectivity index (χ2v) is 4.25. The quantitative estimate of drug-likeness (QED) is 0.811. The normalized spacial score (nSPS) is 20.9. The smallest absolute Gasteiger partial charge is 0.242 e. The molecule has 0 spiro atoms. The molecule has 4 nitrogen and oxygen atoms in total. The molecule has 0 bridgehead atoms. The standard InChI is InChI=1S/C12H16FN3O/c1-15-11(6-14)7-16(8-12(15)17)10-4-2-3-9(13)5-10/h2-5,11H,6-8,14H2,1H3. The van der Waals surface area contributed by atoms with Crippen LogP contribution in [0.4, 0.5) is 10.1 Å². The van der Waals surface area contributed by atoms with Gasteiger partial charge in [-0.25, -0.2) is 4.39 Å². The van der Waals surface area contributed by atoms with Crippen molar-refractivity contribution in [2.45, 2.75) is 6.04 Å². The molecule has 1 unspecified atom stereocenters. The Kier molecular flexibility index (Phi) is 3.28. The number of carbonyl (C=O) groups excluding carboxylic acids is 1. The molecule has 0 aromatic heterocycles. The van der Waals surface area contributed by atoms with Gasteiger partial charge in [-0.15, -0.1) is 0 Å². The number of hydrogen-bond donors (Lipinski definition) is 1. The lowest BCUT2D eigenvalue weighted by atomic mass is 10.1. The summed E-state index contributed by atoms with van der Waals surface area (Å²) in [5, 5.41) is 0. The van der Waals surface area contributed by atoms with Gasteiger partial charge < -0.3 is 15.5 Å². The van der Waals surface area contributed by atoms with Crippen LogP contribution in [0.1, 0.15) is 0 Å². The van der Waals surface area contributed by atoms with E-state index in [-0.39, 0.29) is 24.3 Å². The molecule has 2 rings (SSSR count). The van der Waals surface area contributed by atoms with E-state index in [1.807, 2.05) is 4.90 Å². The maximum absolute atomic E-state index is 13.1. The Labute approximate surface area is 99.8 Å². The van der Waals surface area contributed by atoms with Crippen LogP contribution in [-0.4, -0.2) is 43.5 Å². The predicted molar refractivity (Wildman–Crippen MR) is 64.2 cm³/mol. The molecule has 1 atom stereocenters. The van der Waals surface area contributed by atoms with E-state index in [4.69, 9.17) is 5.73 Å². The second-order valence-electron chi connectivity index (χ2n) is 4.25. The van der Waals surface area contributed by atoms with Crippen molar-refractivity contribution >= 4 is 11.6 Å². The first-order valence-corrected chi connectivity index (χ1v) is 5.58. The van der Waals surface area contributed by atoms with Crippen LogP contribution in [0, 0.1) is 5.82 Å². The molecule has 2 N–H and O–H groups in total. The van der Waals surface area contributed by atoms with Gasteiger partial charge in [0.2, 0.25) is 5.91 Å². The van der Waals surface area contributed by atoms with Crippen molar-refractivity contribution in [3.63, 3.8) is 0 Å². The van der Waals surface area contributed by atoms with Crippen LogP contribution >= 0.6 is 0 Å². The van der Waals surface area contributed by atoms with E-state index in [2.05, 4.69) is 0 Å². The van der Waals surface area contributed by atoms with Crippen molar-refractivity contribution in [3.05, 3.63) is 30.1 Å². The van der Waals surface area contributed by atoms with E-state index in [1.165, 1.54) is 12.1 Å². The third kappa shape index (κ3) is 2.39. The third-order valence-corrected chi connectivity index (χ3v) is 3.14. The summed E-state index contributed by atoms with van der Waals surface area (Å²) >= 11 is 0. The molecule has 1 amide bonds. The fraction of sp³-hybridized carbons (Fsp3) is 0.417. The molecule has 1 fully saturated rings. The van der Waals surface area contributed by atoms with Crippen molar-refractivity contribution in [1.29, 1.82) is 0 Å². The van der Waals surface area contributed by atoms with Gasteiger partial charge in [-0.2, -0.15) is 0 Å². The van der Waals surface area contributed by atoms with Gasteiger partial charge in [0.1, 0.15) is 5.82 Å². The second kappa shape index (κ2) is 4.71. The van der Waals surface area contributed by atoms with Gasteiger partial charge in [0.05, 0.1) is 12.6 Å². The number of hydrogen-bond acceptors (Lipinski definition) is 3. The predicted octanol–water partition coefficient (Wildman–Crippen LogP) is 0.431. The number of anilines is 1. The van der Waals surface area contributed by atoms with Gasteiger partial charge in [-0.1, -0.05) is 6.07 Å². The average molecular weight is 237 g/mol. The highest BCUT2D eigenvalue weighted by molar-refractivity contribution is 5.83. The number of carbonyl (C=O) groups is 1. The number of nitrogens with zero attached hydrogens (tertiary/aromatic N) is 2. The highest BCUT2D eigenvalue weighted by atomic mass is 19.1. The molecule has 0 radical (unpaired) electrons. The molecule has 1 saturated heterocycles. The first-order valence-electron chi connectivity index (χ1n) is 5.58. The lowest BCUT2D eigenvalue weighted by Crippen LogP contribution is -2.57. The van der Waals surface area contributed by atoms with Gasteiger partial charge in [-0.3, -0.25) is 4.79 Å². The van der Waals surface area contributed by atoms with E-state index < -0.39 is 0 Å². The summed E-state index contributed by atoms with van der Waals surface area (Å²) in [5.41, 5.74) is 6.36. The highest BCUT2D eigenvalue weighted by Crippen LogP contribution is 2.19. The van der Waals surface area contributed by atoms with Gasteiger partial charge in [0, 0.05) is 25.8 Å². The lowest BCUT2D eigenvalue weighted by molar-refractivity contribution is -0.131. The lowest BCUT2D eigenvalue weighted by Gasteiger charge is -2.39. The summed E-state index contributed by atoms with van der Waals surface area (Å²) in [7, 11) is 1.75. The Morgan fingerprint density at radius 2 is 2.29 bits per heavy atom. The van der Waals surface area contributed by atoms with E-state index in [9.17, 15) is 9.18 Å². The number of nitrogens with two attached hydrogens (primary N) is 1. The molecule has 17 heavy (non-hydrogen) atoms. The number of rotatable bonds is 2. The fourth-order valence-corrected chi connectivity index (χ4v) is 2.02. The van der Waals surface area contributed by atoms with E-state index >= 15 is 0 Å². The van der Waals surface area contributed by atoms with Crippen LogP contribution in [0.3, 0.4) is 0 Å². The molecule has 1 aromatic carbocycles. The van der Waals surface area contributed by atoms with E-state index in [0.29, 0.717) is 13.1 Å². The van der Waals surface area contributed by atoms with Crippen molar-refractivity contribution in [3.8, 4) is 0 Å². The molecular weight excluding hydrogens is 221 g/mol. The van der Waals surface area contributed by atoms with E-state index in [1.54, 1.807) is 24.1 Å². The Balaban J connectivity index is 2.20. The van der Waals surface area contributed by atoms with Gasteiger partial charge in [0.25, 0.3) is 0 Å². The minimum absolute atomic E-state index is 0.0101. The van der Waals surface area contributed by atoms with Crippen molar-refractivity contribution in [2.24, 2.45) is 5.73 Å². The van der Waals surface area contributed by atoms with Crippen molar-refractivity contribution in [2.75, 3.05) is 31.6 Å². The van der Waals surface area contributed by atoms with Gasteiger partial charge in [-0.05, 0) is 18.2 Å². The number of benzene rings is 1. The first-order chi connectivity index (χ1) is 8.11. The number of amides is 1. The van der Waals surface area contributed by atoms with Crippen LogP contribution in [0.2, 0.25) is 0 Å². The largest absolute Gasteiger partial charge is 0.360 e. The van der Waals surface area contributed by atoms with Crippen molar-refractivity contribution < 1.29 is 9.18 Å². The zero-order valence-electron chi connectivity index (χ0n) is 9.77. The van der Waals surface area contributed by atoms with Gasteiger partial charge >= 0.3 is 0 Å². The summed E-state index contributed by atoms with van der Waals surface area (Å²) in [6, 6.07) is 6.26. The van der Waals surface area contributed by atoms with Gasteiger partial charge in [0.15, 0.2) is 0 Å². The first kappa shape index (κ1) is 11.9. The van der Waals surface area contributed by atoms with Crippen LogP contribution in [0.5, 0.6) is 0 Å². The molecule has 1 aliphatic rings. The summed E-state index contributed by atoms with van der Waals surface area (Å²) < 4.78 is 13.1. The molecule has 0 saturated carbocycles. The summed E-state index contributed by atoms with van der Waals surface area (Å²) in [5.74, 6) is -0.283. The number of piperazine rings is 1. The number of halogens is 1. The average Bonchev–Trinajstić information content (AvgIpc) is 2.32. The molecule has 1 aromatic rings. The summed E-state index contributed by atoms with van der Waals surface area (Å²) in [6.45, 7) is 1.33. The monoisotopic (exact) mass is 237 g/mol. The summed E-state index contributed by atoms with van der Waals surface area (Å²) in [4.78, 5) is 15.3. The Bertz CT molecular complexity index is 424. The SMILES string of the molecule is CN1C(=O)CN(c2cccc(F)c2)CC1CN. The minimum atomic E-state index is -0.293. The molecule has 1 heterocycles. The van der Waals surface area contributed by atoms with Crippen LogP contribution in [0.25, 0.3) is 0 Å². The maximum Gasteiger partial charge on any atom is 0.242 e. The Morgan fingerprint density at radius 1 is 1.53 bits per heavy atom. The molecule has 5 heteroatoms. The van der Waals surface area contributed by atoms with Crippen LogP contribution in [-0.2, 0) is 4.79 Å². The minimum Gasteiger partial charge on any atom is -0.360 e. The molecule has 1 aliphatic heterocycles. The van der Waals surface area contributed by atoms with Crippen LogP contribution < -0.4 is 10.6 Å². The summed E-state index contributed by atoms with van der Waals surface area (Å²) in [6.07, 6.45) is 0. The van der Waals surface area contributed by atoms with E-state index in [0.717, 1.165) is 5.69 Å². The zero-order chi connectivity index (χ0) is 12.4. The molecule has 92 valence electrons. The zero-order valence-corrected chi connectivity index (χ0v) is 9.77. The highest BCUT2D eigenvalue weighted by Gasteiger charge is 2.29. The Morgan fingerprint density at radius 3 is 2.94 bits per heavy atom. The maximum atomic E-state index is 13.1. The Hall–Kier alpha value is -1.62. The third-order valence-electron chi connectivity index (χ3n) is 3.14.